The van der Waals surface area contributed by atoms with Crippen molar-refractivity contribution in [3.05, 3.63) is 100 Å². The van der Waals surface area contributed by atoms with Gasteiger partial charge >= 0.3 is 5.91 Å². The first kappa shape index (κ1) is 25.6. The molecule has 0 radical (unpaired) electrons. The number of nitrogens with one attached hydrogen (secondary N) is 1. The largest absolute Gasteiger partial charge is 0.508 e. The summed E-state index contributed by atoms with van der Waals surface area (Å²) in [5.41, 5.74) is 3.44. The Balaban J connectivity index is 1.67. The second kappa shape index (κ2) is 11.5. The number of nitroso groups, excluding NO2 is 1. The highest BCUT2D eigenvalue weighted by Crippen LogP contribution is 2.28. The number of benzene rings is 3. The Hall–Kier alpha value is -4.47. The number of fused-ring (bicyclic) bond motifs is 1. The number of carbonyl (C=O) groups excluding carboxylic acids is 2. The number of amides is 2. The quantitative estimate of drug-likeness (QED) is 0.296. The molecule has 3 aromatic carbocycles. The van der Waals surface area contributed by atoms with Gasteiger partial charge in [0, 0.05) is 17.7 Å². The van der Waals surface area contributed by atoms with Crippen LogP contribution < -0.4 is 5.32 Å². The number of rotatable bonds is 9. The van der Waals surface area contributed by atoms with Gasteiger partial charge < -0.3 is 20.3 Å². The van der Waals surface area contributed by atoms with E-state index in [4.69, 9.17) is 4.74 Å². The molecule has 4 aromatic rings. The summed E-state index contributed by atoms with van der Waals surface area (Å²) in [4.78, 5) is 41.2. The van der Waals surface area contributed by atoms with Crippen LogP contribution in [-0.2, 0) is 17.8 Å². The van der Waals surface area contributed by atoms with Gasteiger partial charge in [-0.3, -0.25) is 9.59 Å². The van der Waals surface area contributed by atoms with E-state index in [0.29, 0.717) is 17.3 Å². The molecule has 1 atom stereocenters. The molecule has 9 nitrogen and oxygen atoms in total. The standard InChI is InChI=1S/C28H25N3O6/c1-37-16-21(12-17-5-8-22(33)9-6-17)29-28(35)26-14-24(27(34)31-36)23-13-20(7-10-25(23)30-26)19-4-2-3-18(11-19)15-32/h2-11,13-14,21,32-33H,12,15-16H2,1H3,(H,29,35)/t21-/m0/s1. The highest BCUT2D eigenvalue weighted by atomic mass is 16.5. The van der Waals surface area contributed by atoms with Gasteiger partial charge in [-0.15, -0.1) is 4.91 Å². The van der Waals surface area contributed by atoms with Crippen LogP contribution in [0.2, 0.25) is 0 Å². The van der Waals surface area contributed by atoms with Crippen LogP contribution in [0.15, 0.2) is 78.0 Å². The van der Waals surface area contributed by atoms with E-state index in [1.165, 1.54) is 13.2 Å². The number of methoxy groups -OCH3 is 1. The van der Waals surface area contributed by atoms with Gasteiger partial charge in [0.05, 0.1) is 30.3 Å². The fourth-order valence-electron chi connectivity index (χ4n) is 4.13. The highest BCUT2D eigenvalue weighted by molar-refractivity contribution is 6.09. The fourth-order valence-corrected chi connectivity index (χ4v) is 4.13. The molecule has 0 aliphatic rings. The number of phenols is 1. The summed E-state index contributed by atoms with van der Waals surface area (Å²) in [6.45, 7) is 0.106. The summed E-state index contributed by atoms with van der Waals surface area (Å²) in [5, 5.41) is 24.8. The zero-order valence-corrected chi connectivity index (χ0v) is 20.0. The second-order valence-corrected chi connectivity index (χ2v) is 8.54. The van der Waals surface area contributed by atoms with Crippen LogP contribution in [0, 0.1) is 4.91 Å². The molecule has 0 fully saturated rings. The number of aromatic nitrogens is 1. The van der Waals surface area contributed by atoms with Gasteiger partial charge in [0.1, 0.15) is 11.4 Å². The molecule has 0 spiro atoms. The van der Waals surface area contributed by atoms with Crippen molar-refractivity contribution in [1.29, 1.82) is 0 Å². The molecule has 188 valence electrons. The first-order valence-corrected chi connectivity index (χ1v) is 11.5. The number of pyridine rings is 1. The molecule has 37 heavy (non-hydrogen) atoms. The molecule has 0 saturated heterocycles. The number of hydrogen-bond acceptors (Lipinski definition) is 7. The Kier molecular flexibility index (Phi) is 7.97. The van der Waals surface area contributed by atoms with Crippen LogP contribution in [0.3, 0.4) is 0 Å². The summed E-state index contributed by atoms with van der Waals surface area (Å²) < 4.78 is 5.25. The molecule has 0 aliphatic heterocycles. The van der Waals surface area contributed by atoms with Crippen molar-refractivity contribution in [2.45, 2.75) is 19.1 Å². The van der Waals surface area contributed by atoms with Crippen molar-refractivity contribution in [3.8, 4) is 16.9 Å². The first-order valence-electron chi connectivity index (χ1n) is 11.5. The molecule has 0 bridgehead atoms. The maximum Gasteiger partial charge on any atom is 0.317 e. The van der Waals surface area contributed by atoms with E-state index in [-0.39, 0.29) is 30.2 Å². The Labute approximate surface area is 212 Å². The van der Waals surface area contributed by atoms with Crippen LogP contribution in [0.1, 0.15) is 32.0 Å². The Morgan fingerprint density at radius 3 is 2.46 bits per heavy atom. The van der Waals surface area contributed by atoms with Gasteiger partial charge in [-0.1, -0.05) is 36.4 Å². The third-order valence-corrected chi connectivity index (χ3v) is 5.92. The van der Waals surface area contributed by atoms with E-state index in [1.807, 2.05) is 18.2 Å². The topological polar surface area (TPSA) is 138 Å². The third kappa shape index (κ3) is 6.03. The van der Waals surface area contributed by atoms with Gasteiger partial charge in [0.15, 0.2) is 0 Å². The maximum atomic E-state index is 13.1. The number of nitrogens with zero attached hydrogens (tertiary/aromatic N) is 2. The number of carbonyl (C=O) groups is 2. The average molecular weight is 500 g/mol. The number of aromatic hydroxyl groups is 1. The summed E-state index contributed by atoms with van der Waals surface area (Å²) >= 11 is 0. The summed E-state index contributed by atoms with van der Waals surface area (Å²) in [5.74, 6) is -1.41. The molecular weight excluding hydrogens is 474 g/mol. The van der Waals surface area contributed by atoms with Gasteiger partial charge in [-0.05, 0) is 65.1 Å². The minimum atomic E-state index is -1.01. The number of ether oxygens (including phenoxy) is 1. The van der Waals surface area contributed by atoms with Crippen molar-refractivity contribution in [2.24, 2.45) is 5.18 Å². The Bertz CT molecular complexity index is 1450. The van der Waals surface area contributed by atoms with Crippen LogP contribution in [0.5, 0.6) is 5.75 Å². The number of aliphatic hydroxyl groups excluding tert-OH is 1. The lowest BCUT2D eigenvalue weighted by Gasteiger charge is -2.18. The van der Waals surface area contributed by atoms with Crippen LogP contribution in [0.25, 0.3) is 22.0 Å². The SMILES string of the molecule is COC[C@H](Cc1ccc(O)cc1)NC(=O)c1cc(C(=O)N=O)c2cc(-c3cccc(CO)c3)ccc2n1. The Morgan fingerprint density at radius 1 is 1.00 bits per heavy atom. The summed E-state index contributed by atoms with van der Waals surface area (Å²) in [6, 6.07) is 19.9. The molecule has 0 unspecified atom stereocenters. The van der Waals surface area contributed by atoms with Crippen molar-refractivity contribution in [1.82, 2.24) is 10.3 Å². The third-order valence-electron chi connectivity index (χ3n) is 5.92. The molecule has 0 saturated carbocycles. The van der Waals surface area contributed by atoms with E-state index >= 15 is 0 Å². The second-order valence-electron chi connectivity index (χ2n) is 8.54. The van der Waals surface area contributed by atoms with Gasteiger partial charge in [-0.2, -0.15) is 0 Å². The molecule has 9 heteroatoms. The van der Waals surface area contributed by atoms with E-state index in [1.54, 1.807) is 48.5 Å². The van der Waals surface area contributed by atoms with Gasteiger partial charge in [-0.25, -0.2) is 4.98 Å². The van der Waals surface area contributed by atoms with Crippen LogP contribution >= 0.6 is 0 Å². The lowest BCUT2D eigenvalue weighted by atomic mass is 9.98. The highest BCUT2D eigenvalue weighted by Gasteiger charge is 2.20. The summed E-state index contributed by atoms with van der Waals surface area (Å²) in [6.07, 6.45) is 0.436. The molecule has 2 amide bonds. The van der Waals surface area contributed by atoms with Crippen molar-refractivity contribution < 1.29 is 24.5 Å². The zero-order chi connectivity index (χ0) is 26.4. The molecule has 1 heterocycles. The zero-order valence-electron chi connectivity index (χ0n) is 20.0. The van der Waals surface area contributed by atoms with Crippen molar-refractivity contribution >= 4 is 22.7 Å². The lowest BCUT2D eigenvalue weighted by Crippen LogP contribution is -2.40. The minimum Gasteiger partial charge on any atom is -0.508 e. The minimum absolute atomic E-state index is 0.0351. The van der Waals surface area contributed by atoms with Gasteiger partial charge in [0.2, 0.25) is 0 Å². The van der Waals surface area contributed by atoms with Crippen molar-refractivity contribution in [3.63, 3.8) is 0 Å². The molecule has 0 aliphatic carbocycles. The van der Waals surface area contributed by atoms with Crippen LogP contribution in [0.4, 0.5) is 0 Å². The first-order chi connectivity index (χ1) is 17.9. The van der Waals surface area contributed by atoms with Crippen LogP contribution in [-0.4, -0.2) is 46.8 Å². The molecule has 1 aromatic heterocycles. The fraction of sp³-hybridized carbons (Fsp3) is 0.179. The van der Waals surface area contributed by atoms with E-state index in [0.717, 1.165) is 22.3 Å². The monoisotopic (exact) mass is 499 g/mol. The molecular formula is C28H25N3O6. The smallest absolute Gasteiger partial charge is 0.317 e. The van der Waals surface area contributed by atoms with E-state index in [2.05, 4.69) is 15.5 Å². The molecule has 3 N–H and O–H groups in total. The van der Waals surface area contributed by atoms with Gasteiger partial charge in [0.25, 0.3) is 5.91 Å². The van der Waals surface area contributed by atoms with E-state index in [9.17, 15) is 24.7 Å². The average Bonchev–Trinajstić information content (AvgIpc) is 2.93. The van der Waals surface area contributed by atoms with Crippen molar-refractivity contribution in [2.75, 3.05) is 13.7 Å². The number of aliphatic hydroxyl groups is 1. The summed E-state index contributed by atoms with van der Waals surface area (Å²) in [7, 11) is 1.52. The number of phenolic OH excluding ortho intramolecular Hbond substituents is 1. The Morgan fingerprint density at radius 2 is 1.76 bits per heavy atom. The predicted molar refractivity (Wildman–Crippen MR) is 138 cm³/mol. The lowest BCUT2D eigenvalue weighted by molar-refractivity contribution is 0.0892. The predicted octanol–water partition coefficient (Wildman–Crippen LogP) is 3.99. The maximum absolute atomic E-state index is 13.1. The number of hydrogen-bond donors (Lipinski definition) is 3. The van der Waals surface area contributed by atoms with E-state index < -0.39 is 17.9 Å². The normalized spacial score (nSPS) is 11.7. The molecule has 4 rings (SSSR count).